The summed E-state index contributed by atoms with van der Waals surface area (Å²) in [5.41, 5.74) is 1.06. The molecule has 3 rings (SSSR count). The molecule has 0 aliphatic carbocycles. The van der Waals surface area contributed by atoms with Gasteiger partial charge >= 0.3 is 0 Å². The number of carbonyl (C=O) groups excluding carboxylic acids is 2. The van der Waals surface area contributed by atoms with E-state index in [0.717, 1.165) is 0 Å². The van der Waals surface area contributed by atoms with Crippen LogP contribution >= 0.6 is 23.8 Å². The van der Waals surface area contributed by atoms with Gasteiger partial charge in [0.2, 0.25) is 0 Å². The zero-order valence-corrected chi connectivity index (χ0v) is 16.8. The number of amides is 2. The van der Waals surface area contributed by atoms with Gasteiger partial charge in [0, 0.05) is 0 Å². The van der Waals surface area contributed by atoms with Gasteiger partial charge in [0.1, 0.15) is 17.1 Å². The summed E-state index contributed by atoms with van der Waals surface area (Å²) in [7, 11) is 1.51. The van der Waals surface area contributed by atoms with Gasteiger partial charge in [0.25, 0.3) is 11.8 Å². The van der Waals surface area contributed by atoms with Gasteiger partial charge in [0.05, 0.1) is 24.4 Å². The quantitative estimate of drug-likeness (QED) is 0.458. The highest BCUT2D eigenvalue weighted by molar-refractivity contribution is 7.80. The number of anilines is 1. The molecule has 0 saturated carbocycles. The van der Waals surface area contributed by atoms with Gasteiger partial charge in [-0.15, -0.1) is 0 Å². The molecule has 144 valence electrons. The van der Waals surface area contributed by atoms with Crippen LogP contribution in [-0.4, -0.2) is 30.6 Å². The first-order valence-electron chi connectivity index (χ1n) is 8.42. The molecule has 0 atom stereocenters. The number of nitrogens with one attached hydrogen (secondary N) is 1. The van der Waals surface area contributed by atoms with E-state index < -0.39 is 11.8 Å². The molecule has 1 fully saturated rings. The molecule has 1 N–H and O–H groups in total. The fourth-order valence-electron chi connectivity index (χ4n) is 2.69. The van der Waals surface area contributed by atoms with Crippen molar-refractivity contribution in [3.05, 3.63) is 58.6 Å². The molecule has 2 aromatic rings. The molecule has 1 aliphatic heterocycles. The largest absolute Gasteiger partial charge is 0.495 e. The fraction of sp³-hybridized carbons (Fsp3) is 0.150. The van der Waals surface area contributed by atoms with Gasteiger partial charge < -0.3 is 9.47 Å². The van der Waals surface area contributed by atoms with Gasteiger partial charge in [0.15, 0.2) is 5.11 Å². The first-order valence-corrected chi connectivity index (χ1v) is 9.21. The van der Waals surface area contributed by atoms with Crippen molar-refractivity contribution in [1.82, 2.24) is 5.32 Å². The number of halogens is 1. The van der Waals surface area contributed by atoms with Gasteiger partial charge in [-0.25, -0.2) is 0 Å². The Morgan fingerprint density at radius 3 is 2.50 bits per heavy atom. The summed E-state index contributed by atoms with van der Waals surface area (Å²) < 4.78 is 10.5. The van der Waals surface area contributed by atoms with E-state index in [9.17, 15) is 9.59 Å². The molecule has 2 aromatic carbocycles. The van der Waals surface area contributed by atoms with E-state index >= 15 is 0 Å². The predicted molar refractivity (Wildman–Crippen MR) is 112 cm³/mol. The summed E-state index contributed by atoms with van der Waals surface area (Å²) in [4.78, 5) is 26.6. The summed E-state index contributed by atoms with van der Waals surface area (Å²) in [5.74, 6) is 0.0868. The van der Waals surface area contributed by atoms with Crippen LogP contribution in [0.4, 0.5) is 5.69 Å². The molecule has 2 amide bonds. The molecule has 0 aromatic heterocycles. The Kier molecular flexibility index (Phi) is 5.96. The summed E-state index contributed by atoms with van der Waals surface area (Å²) >= 11 is 11.3. The van der Waals surface area contributed by atoms with Crippen LogP contribution in [0.5, 0.6) is 11.5 Å². The van der Waals surface area contributed by atoms with Crippen molar-refractivity contribution in [3.63, 3.8) is 0 Å². The highest BCUT2D eigenvalue weighted by atomic mass is 35.5. The maximum Gasteiger partial charge on any atom is 0.270 e. The summed E-state index contributed by atoms with van der Waals surface area (Å²) in [5, 5.41) is 2.94. The zero-order chi connectivity index (χ0) is 20.3. The van der Waals surface area contributed by atoms with Gasteiger partial charge in [-0.1, -0.05) is 17.7 Å². The van der Waals surface area contributed by atoms with Gasteiger partial charge in [-0.05, 0) is 67.2 Å². The predicted octanol–water partition coefficient (Wildman–Crippen LogP) is 3.58. The first kappa shape index (κ1) is 19.9. The fourth-order valence-corrected chi connectivity index (χ4v) is 3.24. The second-order valence-corrected chi connectivity index (χ2v) is 6.57. The summed E-state index contributed by atoms with van der Waals surface area (Å²) in [6.07, 6.45) is 1.46. The molecule has 0 bridgehead atoms. The minimum Gasteiger partial charge on any atom is -0.495 e. The number of carbonyl (C=O) groups is 2. The van der Waals surface area contributed by atoms with Crippen molar-refractivity contribution in [2.75, 3.05) is 18.6 Å². The lowest BCUT2D eigenvalue weighted by molar-refractivity contribution is -0.122. The van der Waals surface area contributed by atoms with Crippen LogP contribution in [0.25, 0.3) is 6.08 Å². The minimum absolute atomic E-state index is 0.0177. The smallest absolute Gasteiger partial charge is 0.270 e. The number of nitrogens with zero attached hydrogens (tertiary/aromatic N) is 1. The number of ether oxygens (including phenoxy) is 2. The molecule has 1 saturated heterocycles. The van der Waals surface area contributed by atoms with Crippen LogP contribution in [0.3, 0.4) is 0 Å². The summed E-state index contributed by atoms with van der Waals surface area (Å²) in [6, 6.07) is 11.8. The van der Waals surface area contributed by atoms with Gasteiger partial charge in [-0.3, -0.25) is 19.8 Å². The van der Waals surface area contributed by atoms with Crippen molar-refractivity contribution in [2.45, 2.75) is 6.92 Å². The van der Waals surface area contributed by atoms with Crippen molar-refractivity contribution in [2.24, 2.45) is 0 Å². The Bertz CT molecular complexity index is 973. The van der Waals surface area contributed by atoms with Crippen molar-refractivity contribution >= 4 is 52.5 Å². The molecule has 1 heterocycles. The molecule has 8 heteroatoms. The monoisotopic (exact) mass is 416 g/mol. The number of methoxy groups -OCH3 is 1. The Morgan fingerprint density at radius 1 is 1.18 bits per heavy atom. The van der Waals surface area contributed by atoms with Crippen LogP contribution in [-0.2, 0) is 9.59 Å². The van der Waals surface area contributed by atoms with E-state index in [4.69, 9.17) is 33.3 Å². The molecule has 6 nitrogen and oxygen atoms in total. The lowest BCUT2D eigenvalue weighted by Crippen LogP contribution is -2.54. The lowest BCUT2D eigenvalue weighted by Gasteiger charge is -2.29. The minimum atomic E-state index is -0.566. The Labute approximate surface area is 172 Å². The first-order chi connectivity index (χ1) is 13.4. The van der Waals surface area contributed by atoms with Crippen LogP contribution in [0.1, 0.15) is 12.5 Å². The highest BCUT2D eigenvalue weighted by Gasteiger charge is 2.34. The molecule has 0 spiro atoms. The van der Waals surface area contributed by atoms with Crippen LogP contribution < -0.4 is 19.7 Å². The topological polar surface area (TPSA) is 67.9 Å². The van der Waals surface area contributed by atoms with E-state index in [2.05, 4.69) is 5.32 Å². The maximum absolute atomic E-state index is 13.0. The average molecular weight is 417 g/mol. The molecule has 1 aliphatic rings. The van der Waals surface area contributed by atoms with Crippen LogP contribution in [0.2, 0.25) is 5.02 Å². The Morgan fingerprint density at radius 2 is 1.89 bits per heavy atom. The lowest BCUT2D eigenvalue weighted by atomic mass is 10.1. The van der Waals surface area contributed by atoms with E-state index in [1.807, 2.05) is 6.92 Å². The van der Waals surface area contributed by atoms with E-state index in [1.54, 1.807) is 42.5 Å². The summed E-state index contributed by atoms with van der Waals surface area (Å²) in [6.45, 7) is 2.42. The molecule has 0 radical (unpaired) electrons. The van der Waals surface area contributed by atoms with Gasteiger partial charge in [-0.2, -0.15) is 0 Å². The van der Waals surface area contributed by atoms with Crippen molar-refractivity contribution < 1.29 is 19.1 Å². The SMILES string of the molecule is CCOc1ccc(N2C(=O)/C(=C/c3ccc(OC)c(Cl)c3)C(=O)NC2=S)cc1. The normalized spacial score (nSPS) is 15.6. The Balaban J connectivity index is 1.94. The molecular weight excluding hydrogens is 400 g/mol. The zero-order valence-electron chi connectivity index (χ0n) is 15.2. The second-order valence-electron chi connectivity index (χ2n) is 5.78. The maximum atomic E-state index is 13.0. The molecular formula is C20H17ClN2O4S. The number of hydrogen-bond acceptors (Lipinski definition) is 5. The number of rotatable bonds is 5. The molecule has 28 heavy (non-hydrogen) atoms. The third-order valence-electron chi connectivity index (χ3n) is 3.99. The number of hydrogen-bond donors (Lipinski definition) is 1. The average Bonchev–Trinajstić information content (AvgIpc) is 2.67. The second kappa shape index (κ2) is 8.41. The van der Waals surface area contributed by atoms with E-state index in [0.29, 0.717) is 34.4 Å². The van der Waals surface area contributed by atoms with Crippen LogP contribution in [0.15, 0.2) is 48.0 Å². The third-order valence-corrected chi connectivity index (χ3v) is 4.57. The number of benzene rings is 2. The Hall–Kier alpha value is -2.90. The standard InChI is InChI=1S/C20H17ClN2O4S/c1-3-27-14-7-5-13(6-8-14)23-19(25)15(18(24)22-20(23)28)10-12-4-9-17(26-2)16(21)11-12/h4-11H,3H2,1-2H3,(H,22,24,28)/b15-10+. The van der Waals surface area contributed by atoms with Crippen molar-refractivity contribution in [1.29, 1.82) is 0 Å². The highest BCUT2D eigenvalue weighted by Crippen LogP contribution is 2.28. The third kappa shape index (κ3) is 4.00. The van der Waals surface area contributed by atoms with E-state index in [-0.39, 0.29) is 10.7 Å². The molecule has 0 unspecified atom stereocenters. The number of thiocarbonyl (C=S) groups is 1. The van der Waals surface area contributed by atoms with Crippen molar-refractivity contribution in [3.8, 4) is 11.5 Å². The van der Waals surface area contributed by atoms with Crippen LogP contribution in [0, 0.1) is 0 Å². The van der Waals surface area contributed by atoms with E-state index in [1.165, 1.54) is 18.1 Å².